The lowest BCUT2D eigenvalue weighted by Gasteiger charge is -2.07. The first-order valence-corrected chi connectivity index (χ1v) is 6.01. The predicted molar refractivity (Wildman–Crippen MR) is 69.6 cm³/mol. The summed E-state index contributed by atoms with van der Waals surface area (Å²) in [6.07, 6.45) is 0.950. The van der Waals surface area contributed by atoms with Gasteiger partial charge in [-0.15, -0.1) is 0 Å². The molecule has 0 fully saturated rings. The number of methoxy groups -OCH3 is 1. The van der Waals surface area contributed by atoms with Crippen LogP contribution in [0.3, 0.4) is 0 Å². The molecule has 0 heterocycles. The van der Waals surface area contributed by atoms with Crippen LogP contribution in [0.15, 0.2) is 24.3 Å². The number of nitrogens with one attached hydrogen (secondary N) is 1. The van der Waals surface area contributed by atoms with Gasteiger partial charge in [0.1, 0.15) is 0 Å². The van der Waals surface area contributed by atoms with E-state index in [2.05, 4.69) is 23.9 Å². The second kappa shape index (κ2) is 6.79. The van der Waals surface area contributed by atoms with Gasteiger partial charge in [0.15, 0.2) is 0 Å². The summed E-state index contributed by atoms with van der Waals surface area (Å²) in [4.78, 5) is 23.0. The van der Waals surface area contributed by atoms with Gasteiger partial charge in [-0.2, -0.15) is 0 Å². The highest BCUT2D eigenvalue weighted by atomic mass is 16.5. The molecule has 0 aromatic heterocycles. The molecule has 98 valence electrons. The van der Waals surface area contributed by atoms with E-state index < -0.39 is 5.97 Å². The molecule has 0 saturated carbocycles. The molecular weight excluding hydrogens is 230 g/mol. The molecule has 0 saturated heterocycles. The SMILES string of the molecule is COC(=O)c1ccc(C(=O)NCCC(C)C)cc1. The molecule has 1 aromatic rings. The van der Waals surface area contributed by atoms with Gasteiger partial charge in [-0.05, 0) is 36.6 Å². The molecule has 0 radical (unpaired) electrons. The van der Waals surface area contributed by atoms with Crippen molar-refractivity contribution in [1.82, 2.24) is 5.32 Å². The van der Waals surface area contributed by atoms with Crippen LogP contribution in [0.2, 0.25) is 0 Å². The molecule has 0 aliphatic carbocycles. The van der Waals surface area contributed by atoms with E-state index in [9.17, 15) is 9.59 Å². The van der Waals surface area contributed by atoms with Crippen LogP contribution in [-0.4, -0.2) is 25.5 Å². The Morgan fingerprint density at radius 1 is 1.17 bits per heavy atom. The maximum absolute atomic E-state index is 11.7. The van der Waals surface area contributed by atoms with E-state index in [4.69, 9.17) is 0 Å². The number of rotatable bonds is 5. The summed E-state index contributed by atoms with van der Waals surface area (Å²) in [6, 6.07) is 6.42. The van der Waals surface area contributed by atoms with E-state index in [1.54, 1.807) is 24.3 Å². The van der Waals surface area contributed by atoms with Crippen LogP contribution in [-0.2, 0) is 4.74 Å². The Morgan fingerprint density at radius 3 is 2.22 bits per heavy atom. The zero-order valence-electron chi connectivity index (χ0n) is 11.0. The van der Waals surface area contributed by atoms with Crippen molar-refractivity contribution in [2.24, 2.45) is 5.92 Å². The van der Waals surface area contributed by atoms with Gasteiger partial charge in [0, 0.05) is 12.1 Å². The van der Waals surface area contributed by atoms with Crippen molar-refractivity contribution in [2.75, 3.05) is 13.7 Å². The van der Waals surface area contributed by atoms with Gasteiger partial charge in [-0.1, -0.05) is 13.8 Å². The number of esters is 1. The lowest BCUT2D eigenvalue weighted by atomic mass is 10.1. The quantitative estimate of drug-likeness (QED) is 0.814. The van der Waals surface area contributed by atoms with Crippen molar-refractivity contribution in [3.63, 3.8) is 0 Å². The Labute approximate surface area is 107 Å². The molecule has 4 heteroatoms. The van der Waals surface area contributed by atoms with Gasteiger partial charge in [0.25, 0.3) is 5.91 Å². The standard InChI is InChI=1S/C14H19NO3/c1-10(2)8-9-15-13(16)11-4-6-12(7-5-11)14(17)18-3/h4-7,10H,8-9H2,1-3H3,(H,15,16). The van der Waals surface area contributed by atoms with E-state index in [1.807, 2.05) is 0 Å². The summed E-state index contributed by atoms with van der Waals surface area (Å²) < 4.78 is 4.59. The van der Waals surface area contributed by atoms with Crippen LogP contribution in [0.4, 0.5) is 0 Å². The number of carbonyl (C=O) groups excluding carboxylic acids is 2. The first-order chi connectivity index (χ1) is 8.54. The number of hydrogen-bond donors (Lipinski definition) is 1. The monoisotopic (exact) mass is 249 g/mol. The largest absolute Gasteiger partial charge is 0.465 e. The number of hydrogen-bond acceptors (Lipinski definition) is 3. The lowest BCUT2D eigenvalue weighted by Crippen LogP contribution is -2.25. The molecule has 1 aromatic carbocycles. The first-order valence-electron chi connectivity index (χ1n) is 6.01. The molecule has 0 aliphatic rings. The first kappa shape index (κ1) is 14.2. The maximum atomic E-state index is 11.7. The number of benzene rings is 1. The maximum Gasteiger partial charge on any atom is 0.337 e. The van der Waals surface area contributed by atoms with E-state index in [1.165, 1.54) is 7.11 Å². The molecule has 0 atom stereocenters. The molecule has 0 aliphatic heterocycles. The molecular formula is C14H19NO3. The van der Waals surface area contributed by atoms with E-state index in [0.717, 1.165) is 6.42 Å². The normalized spacial score (nSPS) is 10.2. The zero-order valence-corrected chi connectivity index (χ0v) is 11.0. The van der Waals surface area contributed by atoms with E-state index >= 15 is 0 Å². The van der Waals surface area contributed by atoms with Gasteiger partial charge in [-0.25, -0.2) is 4.79 Å². The van der Waals surface area contributed by atoms with Gasteiger partial charge in [0.05, 0.1) is 12.7 Å². The molecule has 0 bridgehead atoms. The summed E-state index contributed by atoms with van der Waals surface area (Å²) >= 11 is 0. The van der Waals surface area contributed by atoms with Crippen LogP contribution in [0.25, 0.3) is 0 Å². The second-order valence-electron chi connectivity index (χ2n) is 4.51. The van der Waals surface area contributed by atoms with Crippen LogP contribution in [0, 0.1) is 5.92 Å². The average molecular weight is 249 g/mol. The Balaban J connectivity index is 2.56. The number of ether oxygens (including phenoxy) is 1. The van der Waals surface area contributed by atoms with Crippen molar-refractivity contribution in [1.29, 1.82) is 0 Å². The third-order valence-corrected chi connectivity index (χ3v) is 2.58. The van der Waals surface area contributed by atoms with Gasteiger partial charge in [-0.3, -0.25) is 4.79 Å². The van der Waals surface area contributed by atoms with Crippen molar-refractivity contribution in [3.8, 4) is 0 Å². The molecule has 4 nitrogen and oxygen atoms in total. The highest BCUT2D eigenvalue weighted by Gasteiger charge is 2.08. The Bertz CT molecular complexity index is 410. The minimum atomic E-state index is -0.401. The van der Waals surface area contributed by atoms with Crippen molar-refractivity contribution in [3.05, 3.63) is 35.4 Å². The summed E-state index contributed by atoms with van der Waals surface area (Å²) in [5.41, 5.74) is 0.989. The molecule has 0 spiro atoms. The summed E-state index contributed by atoms with van der Waals surface area (Å²) in [6.45, 7) is 4.88. The molecule has 18 heavy (non-hydrogen) atoms. The smallest absolute Gasteiger partial charge is 0.337 e. The fourth-order valence-electron chi connectivity index (χ4n) is 1.45. The van der Waals surface area contributed by atoms with Crippen molar-refractivity contribution >= 4 is 11.9 Å². The van der Waals surface area contributed by atoms with Crippen LogP contribution in [0.1, 0.15) is 41.0 Å². The molecule has 1 N–H and O–H groups in total. The fraction of sp³-hybridized carbons (Fsp3) is 0.429. The third kappa shape index (κ3) is 4.20. The number of carbonyl (C=O) groups is 2. The van der Waals surface area contributed by atoms with Crippen molar-refractivity contribution in [2.45, 2.75) is 20.3 Å². The minimum absolute atomic E-state index is 0.118. The van der Waals surface area contributed by atoms with Crippen LogP contribution < -0.4 is 5.32 Å². The minimum Gasteiger partial charge on any atom is -0.465 e. The Hall–Kier alpha value is -1.84. The highest BCUT2D eigenvalue weighted by molar-refractivity contribution is 5.96. The molecule has 0 unspecified atom stereocenters. The van der Waals surface area contributed by atoms with Crippen molar-refractivity contribution < 1.29 is 14.3 Å². The van der Waals surface area contributed by atoms with E-state index in [-0.39, 0.29) is 5.91 Å². The summed E-state index contributed by atoms with van der Waals surface area (Å²) in [5, 5.41) is 2.84. The topological polar surface area (TPSA) is 55.4 Å². The highest BCUT2D eigenvalue weighted by Crippen LogP contribution is 2.06. The average Bonchev–Trinajstić information content (AvgIpc) is 2.37. The lowest BCUT2D eigenvalue weighted by molar-refractivity contribution is 0.0600. The fourth-order valence-corrected chi connectivity index (χ4v) is 1.45. The Morgan fingerprint density at radius 2 is 1.72 bits per heavy atom. The second-order valence-corrected chi connectivity index (χ2v) is 4.51. The molecule has 1 rings (SSSR count). The Kier molecular flexibility index (Phi) is 5.36. The van der Waals surface area contributed by atoms with Gasteiger partial charge < -0.3 is 10.1 Å². The third-order valence-electron chi connectivity index (χ3n) is 2.58. The van der Waals surface area contributed by atoms with E-state index in [0.29, 0.717) is 23.6 Å². The van der Waals surface area contributed by atoms with Crippen LogP contribution >= 0.6 is 0 Å². The zero-order chi connectivity index (χ0) is 13.5. The molecule has 1 amide bonds. The van der Waals surface area contributed by atoms with Gasteiger partial charge in [0.2, 0.25) is 0 Å². The number of amides is 1. The predicted octanol–water partition coefficient (Wildman–Crippen LogP) is 2.25. The van der Waals surface area contributed by atoms with Gasteiger partial charge >= 0.3 is 5.97 Å². The summed E-state index contributed by atoms with van der Waals surface area (Å²) in [5.74, 6) is 0.0424. The van der Waals surface area contributed by atoms with Crippen LogP contribution in [0.5, 0.6) is 0 Å². The summed E-state index contributed by atoms with van der Waals surface area (Å²) in [7, 11) is 1.33.